The van der Waals surface area contributed by atoms with Gasteiger partial charge in [-0.1, -0.05) is 81.4 Å². The lowest BCUT2D eigenvalue weighted by molar-refractivity contribution is -0.163. The van der Waals surface area contributed by atoms with Gasteiger partial charge >= 0.3 is 11.9 Å². The zero-order valence-corrected chi connectivity index (χ0v) is 20.3. The van der Waals surface area contributed by atoms with Crippen LogP contribution < -0.4 is 10.4 Å². The van der Waals surface area contributed by atoms with Gasteiger partial charge in [-0.25, -0.2) is 0 Å². The van der Waals surface area contributed by atoms with Gasteiger partial charge in [0.25, 0.3) is 8.32 Å². The van der Waals surface area contributed by atoms with Crippen molar-refractivity contribution in [2.75, 3.05) is 20.3 Å². The predicted octanol–water partition coefficient (Wildman–Crippen LogP) is 3.31. The Hall–Kier alpha value is -2.44. The quantitative estimate of drug-likeness (QED) is 0.382. The number of ether oxygens (including phenoxy) is 2. The predicted molar refractivity (Wildman–Crippen MR) is 125 cm³/mol. The highest BCUT2D eigenvalue weighted by molar-refractivity contribution is 6.99. The highest BCUT2D eigenvalue weighted by atomic mass is 28.4. The molecule has 5 nitrogen and oxygen atoms in total. The van der Waals surface area contributed by atoms with E-state index in [0.717, 1.165) is 6.42 Å². The Bertz CT molecular complexity index is 929. The smallest absolute Gasteiger partial charge is 0.323 e. The van der Waals surface area contributed by atoms with E-state index in [-0.39, 0.29) is 23.5 Å². The number of rotatable bonds is 6. The minimum absolute atomic E-state index is 0.0913. The van der Waals surface area contributed by atoms with Crippen LogP contribution in [0.3, 0.4) is 0 Å². The lowest BCUT2D eigenvalue weighted by atomic mass is 9.80. The molecule has 0 spiro atoms. The van der Waals surface area contributed by atoms with Gasteiger partial charge in [0.05, 0.1) is 13.7 Å². The Balaban J connectivity index is 1.68. The molecule has 3 atom stereocenters. The first-order chi connectivity index (χ1) is 15.3. The largest absolute Gasteiger partial charge is 0.468 e. The molecule has 2 aromatic rings. The summed E-state index contributed by atoms with van der Waals surface area (Å²) in [5.41, 5.74) is -1.17. The van der Waals surface area contributed by atoms with Gasteiger partial charge in [-0.3, -0.25) is 9.59 Å². The van der Waals surface area contributed by atoms with Crippen molar-refractivity contribution in [3.8, 4) is 0 Å². The molecule has 1 heterocycles. The molecular weight excluding hydrogens is 420 g/mol. The molecule has 2 aromatic carbocycles. The van der Waals surface area contributed by atoms with Crippen LogP contribution in [0.2, 0.25) is 5.04 Å². The molecule has 6 heteroatoms. The second kappa shape index (κ2) is 8.48. The van der Waals surface area contributed by atoms with Crippen molar-refractivity contribution in [2.24, 2.45) is 17.3 Å². The maximum Gasteiger partial charge on any atom is 0.323 e. The van der Waals surface area contributed by atoms with Crippen molar-refractivity contribution < 1.29 is 23.5 Å². The van der Waals surface area contributed by atoms with E-state index in [1.54, 1.807) is 0 Å². The number of hydrogen-bond donors (Lipinski definition) is 0. The van der Waals surface area contributed by atoms with E-state index in [1.165, 1.54) is 17.5 Å². The summed E-state index contributed by atoms with van der Waals surface area (Å²) in [5, 5.41) is 2.32. The summed E-state index contributed by atoms with van der Waals surface area (Å²) in [5.74, 6) is -0.968. The fourth-order valence-corrected chi connectivity index (χ4v) is 10.4. The van der Waals surface area contributed by atoms with Crippen LogP contribution in [0.25, 0.3) is 0 Å². The van der Waals surface area contributed by atoms with Gasteiger partial charge < -0.3 is 13.9 Å². The summed E-state index contributed by atoms with van der Waals surface area (Å²) in [6.45, 7) is 7.52. The summed E-state index contributed by atoms with van der Waals surface area (Å²) in [4.78, 5) is 25.2. The summed E-state index contributed by atoms with van der Waals surface area (Å²) in [7, 11) is -1.32. The van der Waals surface area contributed by atoms with Crippen LogP contribution in [0.15, 0.2) is 60.7 Å². The van der Waals surface area contributed by atoms with Crippen molar-refractivity contribution in [3.05, 3.63) is 60.7 Å². The van der Waals surface area contributed by atoms with E-state index in [9.17, 15) is 9.59 Å². The molecular formula is C26H32O5Si. The van der Waals surface area contributed by atoms with E-state index in [1.807, 2.05) is 12.1 Å². The second-order valence-electron chi connectivity index (χ2n) is 10.0. The van der Waals surface area contributed by atoms with Crippen LogP contribution in [-0.2, 0) is 23.5 Å². The average molecular weight is 453 g/mol. The number of cyclic esters (lactones) is 1. The molecule has 0 N–H and O–H groups in total. The Morgan fingerprint density at radius 2 is 1.62 bits per heavy atom. The Kier molecular flexibility index (Phi) is 6.03. The molecule has 4 rings (SSSR count). The van der Waals surface area contributed by atoms with Crippen LogP contribution in [-0.4, -0.2) is 40.6 Å². The molecule has 1 aliphatic heterocycles. The van der Waals surface area contributed by atoms with Gasteiger partial charge in [0.1, 0.15) is 0 Å². The van der Waals surface area contributed by atoms with Crippen LogP contribution >= 0.6 is 0 Å². The van der Waals surface area contributed by atoms with Crippen LogP contribution in [0, 0.1) is 17.3 Å². The zero-order valence-electron chi connectivity index (χ0n) is 19.3. The fraction of sp³-hybridized carbons (Fsp3) is 0.462. The van der Waals surface area contributed by atoms with E-state index in [2.05, 4.69) is 69.3 Å². The van der Waals surface area contributed by atoms with Gasteiger partial charge in [0.2, 0.25) is 0 Å². The molecule has 1 saturated heterocycles. The zero-order chi connectivity index (χ0) is 23.0. The Morgan fingerprint density at radius 1 is 1.06 bits per heavy atom. The first-order valence-corrected chi connectivity index (χ1v) is 13.2. The molecule has 2 aliphatic rings. The number of benzene rings is 2. The van der Waals surface area contributed by atoms with Crippen molar-refractivity contribution in [1.82, 2.24) is 0 Å². The number of carbonyl (C=O) groups is 2. The minimum atomic E-state index is -2.66. The summed E-state index contributed by atoms with van der Waals surface area (Å²) < 4.78 is 17.3. The highest BCUT2D eigenvalue weighted by Gasteiger charge is 2.64. The van der Waals surface area contributed by atoms with Gasteiger partial charge in [-0.05, 0) is 34.2 Å². The van der Waals surface area contributed by atoms with Gasteiger partial charge in [0, 0.05) is 12.5 Å². The third-order valence-corrected chi connectivity index (χ3v) is 12.2. The Morgan fingerprint density at radius 3 is 2.12 bits per heavy atom. The number of fused-ring (bicyclic) bond motifs is 1. The minimum Gasteiger partial charge on any atom is -0.468 e. The molecule has 0 aromatic heterocycles. The molecule has 1 aliphatic carbocycles. The Labute approximate surface area is 191 Å². The third-order valence-electron chi connectivity index (χ3n) is 7.21. The number of carbonyl (C=O) groups excluding carboxylic acids is 2. The molecule has 2 fully saturated rings. The standard InChI is InChI=1S/C26H32O5Si/c1-25(2,3)32(21-11-7-5-8-12-21,22-13-9-6-10-14-22)31-17-19-15-20-18-30-24(28)26(20,16-19)23(27)29-4/h5-14,19-20H,15-18H2,1-4H3/t19-,20-,26-/m1/s1. The second-order valence-corrected chi connectivity index (χ2v) is 14.3. The van der Waals surface area contributed by atoms with E-state index in [0.29, 0.717) is 13.0 Å². The van der Waals surface area contributed by atoms with Crippen molar-refractivity contribution >= 4 is 30.6 Å². The first-order valence-electron chi connectivity index (χ1n) is 11.3. The van der Waals surface area contributed by atoms with Crippen LogP contribution in [0.1, 0.15) is 33.6 Å². The maximum atomic E-state index is 12.6. The topological polar surface area (TPSA) is 61.8 Å². The van der Waals surface area contributed by atoms with Gasteiger partial charge in [0.15, 0.2) is 5.41 Å². The van der Waals surface area contributed by atoms with E-state index < -0.39 is 25.7 Å². The first kappa shape index (κ1) is 22.7. The van der Waals surface area contributed by atoms with E-state index in [4.69, 9.17) is 13.9 Å². The van der Waals surface area contributed by atoms with Gasteiger partial charge in [-0.15, -0.1) is 0 Å². The molecule has 0 bridgehead atoms. The molecule has 0 radical (unpaired) electrons. The molecule has 1 saturated carbocycles. The third kappa shape index (κ3) is 3.50. The maximum absolute atomic E-state index is 12.6. The SMILES string of the molecule is COC(=O)[C@@]12C[C@H](CO[Si](c3ccccc3)(c3ccccc3)C(C)(C)C)C[C@@H]1COC2=O. The molecule has 32 heavy (non-hydrogen) atoms. The van der Waals surface area contributed by atoms with Crippen molar-refractivity contribution in [3.63, 3.8) is 0 Å². The van der Waals surface area contributed by atoms with Crippen LogP contribution in [0.5, 0.6) is 0 Å². The lowest BCUT2D eigenvalue weighted by Crippen LogP contribution is -2.66. The summed E-state index contributed by atoms with van der Waals surface area (Å²) >= 11 is 0. The van der Waals surface area contributed by atoms with Crippen LogP contribution in [0.4, 0.5) is 0 Å². The fourth-order valence-electron chi connectivity index (χ4n) is 5.72. The monoisotopic (exact) mass is 452 g/mol. The average Bonchev–Trinajstić information content (AvgIpc) is 3.31. The van der Waals surface area contributed by atoms with Crippen molar-refractivity contribution in [1.29, 1.82) is 0 Å². The van der Waals surface area contributed by atoms with E-state index >= 15 is 0 Å². The van der Waals surface area contributed by atoms with Crippen molar-refractivity contribution in [2.45, 2.75) is 38.7 Å². The summed E-state index contributed by atoms with van der Waals surface area (Å²) in [6, 6.07) is 21.0. The highest BCUT2D eigenvalue weighted by Crippen LogP contribution is 2.52. The normalized spacial score (nSPS) is 25.3. The number of esters is 2. The molecule has 0 unspecified atom stereocenters. The molecule has 0 amide bonds. The lowest BCUT2D eigenvalue weighted by Gasteiger charge is -2.43. The number of methoxy groups -OCH3 is 1. The van der Waals surface area contributed by atoms with Gasteiger partial charge in [-0.2, -0.15) is 0 Å². The molecule has 170 valence electrons. The number of hydrogen-bond acceptors (Lipinski definition) is 5. The summed E-state index contributed by atoms with van der Waals surface area (Å²) in [6.07, 6.45) is 1.14.